The van der Waals surface area contributed by atoms with Crippen LogP contribution in [0.15, 0.2) is 0 Å². The molecule has 0 bridgehead atoms. The highest BCUT2D eigenvalue weighted by Gasteiger charge is 2.36. The third-order valence-corrected chi connectivity index (χ3v) is 3.47. The molecule has 2 heterocycles. The number of hydrogen-bond donors (Lipinski definition) is 1. The second-order valence-electron chi connectivity index (χ2n) is 4.45. The van der Waals surface area contributed by atoms with E-state index in [1.807, 2.05) is 6.92 Å². The summed E-state index contributed by atoms with van der Waals surface area (Å²) >= 11 is 0. The Bertz CT molecular complexity index is 226. The second kappa shape index (κ2) is 5.42. The average Bonchev–Trinajstić information content (AvgIpc) is 2.33. The summed E-state index contributed by atoms with van der Waals surface area (Å²) in [6.45, 7) is 4.89. The van der Waals surface area contributed by atoms with Gasteiger partial charge < -0.3 is 19.3 Å². The van der Waals surface area contributed by atoms with E-state index in [2.05, 4.69) is 4.90 Å². The molecule has 4 atom stereocenters. The number of ether oxygens (including phenoxy) is 3. The number of methoxy groups -OCH3 is 1. The van der Waals surface area contributed by atoms with E-state index in [0.29, 0.717) is 6.61 Å². The van der Waals surface area contributed by atoms with Gasteiger partial charge in [0.1, 0.15) is 0 Å². The van der Waals surface area contributed by atoms with Crippen molar-refractivity contribution in [1.29, 1.82) is 0 Å². The summed E-state index contributed by atoms with van der Waals surface area (Å²) in [5, 5.41) is 10.1. The van der Waals surface area contributed by atoms with Crippen LogP contribution in [-0.2, 0) is 14.2 Å². The Morgan fingerprint density at radius 2 is 2.12 bits per heavy atom. The van der Waals surface area contributed by atoms with E-state index < -0.39 is 6.10 Å². The van der Waals surface area contributed by atoms with Gasteiger partial charge in [-0.15, -0.1) is 0 Å². The Labute approximate surface area is 96.3 Å². The third kappa shape index (κ3) is 2.55. The lowest BCUT2D eigenvalue weighted by Crippen LogP contribution is -2.57. The zero-order chi connectivity index (χ0) is 11.5. The standard InChI is InChI=1S/C11H21NO4/c1-8-11(13)9(3-5-15-8)12-4-6-16-10(7-12)14-2/h8-11,13H,3-7H2,1-2H3/t8-,9-,10?,11?/m0/s1. The van der Waals surface area contributed by atoms with Crippen molar-refractivity contribution >= 4 is 0 Å². The second-order valence-corrected chi connectivity index (χ2v) is 4.45. The van der Waals surface area contributed by atoms with Crippen LogP contribution >= 0.6 is 0 Å². The van der Waals surface area contributed by atoms with Gasteiger partial charge in [0.15, 0.2) is 6.29 Å². The van der Waals surface area contributed by atoms with Gasteiger partial charge in [0.05, 0.1) is 18.8 Å². The highest BCUT2D eigenvalue weighted by Crippen LogP contribution is 2.22. The van der Waals surface area contributed by atoms with Crippen LogP contribution in [0, 0.1) is 0 Å². The maximum absolute atomic E-state index is 10.1. The Balaban J connectivity index is 1.94. The molecule has 0 aromatic carbocycles. The lowest BCUT2D eigenvalue weighted by Gasteiger charge is -2.43. The number of aliphatic hydroxyl groups excluding tert-OH is 1. The van der Waals surface area contributed by atoms with Gasteiger partial charge >= 0.3 is 0 Å². The van der Waals surface area contributed by atoms with E-state index in [1.54, 1.807) is 7.11 Å². The van der Waals surface area contributed by atoms with Gasteiger partial charge in [-0.2, -0.15) is 0 Å². The summed E-state index contributed by atoms with van der Waals surface area (Å²) in [4.78, 5) is 2.25. The SMILES string of the molecule is COC1CN([C@H]2CCO[C@@H](C)C2O)CCO1. The molecule has 16 heavy (non-hydrogen) atoms. The molecule has 2 aliphatic rings. The Hall–Kier alpha value is -0.200. The normalized spacial score (nSPS) is 42.2. The molecular weight excluding hydrogens is 210 g/mol. The van der Waals surface area contributed by atoms with Crippen molar-refractivity contribution in [2.75, 3.05) is 33.4 Å². The highest BCUT2D eigenvalue weighted by atomic mass is 16.7. The number of aliphatic hydroxyl groups is 1. The van der Waals surface area contributed by atoms with Crippen molar-refractivity contribution < 1.29 is 19.3 Å². The molecular formula is C11H21NO4. The summed E-state index contributed by atoms with van der Waals surface area (Å²) in [7, 11) is 1.65. The summed E-state index contributed by atoms with van der Waals surface area (Å²) in [5.41, 5.74) is 0. The molecule has 0 aliphatic carbocycles. The minimum Gasteiger partial charge on any atom is -0.389 e. The molecule has 0 aromatic heterocycles. The van der Waals surface area contributed by atoms with Gasteiger partial charge in [0.25, 0.3) is 0 Å². The van der Waals surface area contributed by atoms with Crippen LogP contribution in [0.4, 0.5) is 0 Å². The fourth-order valence-electron chi connectivity index (χ4n) is 2.44. The van der Waals surface area contributed by atoms with Gasteiger partial charge in [0.2, 0.25) is 0 Å². The minimum absolute atomic E-state index is 0.0809. The molecule has 2 aliphatic heterocycles. The predicted molar refractivity (Wildman–Crippen MR) is 58.1 cm³/mol. The van der Waals surface area contributed by atoms with Crippen LogP contribution < -0.4 is 0 Å². The lowest BCUT2D eigenvalue weighted by atomic mass is 9.98. The molecule has 2 rings (SSSR count). The first-order valence-electron chi connectivity index (χ1n) is 5.90. The van der Waals surface area contributed by atoms with Crippen molar-refractivity contribution in [2.45, 2.75) is 37.9 Å². The molecule has 2 saturated heterocycles. The van der Waals surface area contributed by atoms with E-state index >= 15 is 0 Å². The summed E-state index contributed by atoms with van der Waals surface area (Å²) in [6.07, 6.45) is 0.216. The van der Waals surface area contributed by atoms with Crippen molar-refractivity contribution in [3.8, 4) is 0 Å². The molecule has 0 radical (unpaired) electrons. The van der Waals surface area contributed by atoms with E-state index in [1.165, 1.54) is 0 Å². The van der Waals surface area contributed by atoms with Crippen LogP contribution in [0.1, 0.15) is 13.3 Å². The van der Waals surface area contributed by atoms with Crippen molar-refractivity contribution in [3.63, 3.8) is 0 Å². The molecule has 2 fully saturated rings. The minimum atomic E-state index is -0.413. The van der Waals surface area contributed by atoms with Gasteiger partial charge in [-0.3, -0.25) is 4.90 Å². The molecule has 1 N–H and O–H groups in total. The van der Waals surface area contributed by atoms with Crippen LogP contribution in [-0.4, -0.2) is 68.0 Å². The number of rotatable bonds is 2. The fourth-order valence-corrected chi connectivity index (χ4v) is 2.44. The maximum Gasteiger partial charge on any atom is 0.169 e. The number of morpholine rings is 1. The van der Waals surface area contributed by atoms with Crippen LogP contribution in [0.25, 0.3) is 0 Å². The van der Waals surface area contributed by atoms with Crippen LogP contribution in [0.3, 0.4) is 0 Å². The van der Waals surface area contributed by atoms with Gasteiger partial charge in [-0.05, 0) is 13.3 Å². The van der Waals surface area contributed by atoms with E-state index in [0.717, 1.165) is 26.1 Å². The Kier molecular flexibility index (Phi) is 4.16. The molecule has 5 heteroatoms. The summed E-state index contributed by atoms with van der Waals surface area (Å²) < 4.78 is 16.1. The first kappa shape index (κ1) is 12.3. The van der Waals surface area contributed by atoms with E-state index in [-0.39, 0.29) is 18.4 Å². The zero-order valence-electron chi connectivity index (χ0n) is 9.96. The van der Waals surface area contributed by atoms with Gasteiger partial charge in [-0.25, -0.2) is 0 Å². The van der Waals surface area contributed by atoms with Crippen LogP contribution in [0.5, 0.6) is 0 Å². The number of hydrogen-bond acceptors (Lipinski definition) is 5. The third-order valence-electron chi connectivity index (χ3n) is 3.47. The molecule has 0 spiro atoms. The fraction of sp³-hybridized carbons (Fsp3) is 1.00. The molecule has 94 valence electrons. The van der Waals surface area contributed by atoms with Crippen molar-refractivity contribution in [3.05, 3.63) is 0 Å². The first-order chi connectivity index (χ1) is 7.72. The Morgan fingerprint density at radius 3 is 2.88 bits per heavy atom. The monoisotopic (exact) mass is 231 g/mol. The van der Waals surface area contributed by atoms with Crippen molar-refractivity contribution in [1.82, 2.24) is 4.90 Å². The van der Waals surface area contributed by atoms with Gasteiger partial charge in [-0.1, -0.05) is 0 Å². The lowest BCUT2D eigenvalue weighted by molar-refractivity contribution is -0.190. The quantitative estimate of drug-likeness (QED) is 0.715. The summed E-state index contributed by atoms with van der Waals surface area (Å²) in [6, 6.07) is 0.172. The first-order valence-corrected chi connectivity index (χ1v) is 5.90. The van der Waals surface area contributed by atoms with Crippen molar-refractivity contribution in [2.24, 2.45) is 0 Å². The molecule has 5 nitrogen and oxygen atoms in total. The largest absolute Gasteiger partial charge is 0.389 e. The number of nitrogens with zero attached hydrogens (tertiary/aromatic N) is 1. The molecule has 0 amide bonds. The highest BCUT2D eigenvalue weighted by molar-refractivity contribution is 4.87. The molecule has 0 saturated carbocycles. The maximum atomic E-state index is 10.1. The van der Waals surface area contributed by atoms with E-state index in [4.69, 9.17) is 14.2 Å². The molecule has 2 unspecified atom stereocenters. The van der Waals surface area contributed by atoms with Crippen LogP contribution in [0.2, 0.25) is 0 Å². The van der Waals surface area contributed by atoms with Gasteiger partial charge in [0, 0.05) is 32.8 Å². The smallest absolute Gasteiger partial charge is 0.169 e. The molecule has 0 aromatic rings. The Morgan fingerprint density at radius 1 is 1.31 bits per heavy atom. The summed E-state index contributed by atoms with van der Waals surface area (Å²) in [5.74, 6) is 0. The topological polar surface area (TPSA) is 51.2 Å². The average molecular weight is 231 g/mol. The predicted octanol–water partition coefficient (Wildman–Crippen LogP) is -0.171. The van der Waals surface area contributed by atoms with E-state index in [9.17, 15) is 5.11 Å². The zero-order valence-corrected chi connectivity index (χ0v) is 9.96.